The molecule has 1 rings (SSSR count). The normalized spacial score (nSPS) is 11.7. The van der Waals surface area contributed by atoms with Gasteiger partial charge in [-0.1, -0.05) is 36.4 Å². The first kappa shape index (κ1) is 11.9. The molecule has 0 bridgehead atoms. The van der Waals surface area contributed by atoms with E-state index in [1.54, 1.807) is 6.08 Å². The van der Waals surface area contributed by atoms with Gasteiger partial charge in [0, 0.05) is 0 Å². The highest BCUT2D eigenvalue weighted by Gasteiger charge is 1.96. The molecule has 3 heteroatoms. The first-order valence-corrected chi connectivity index (χ1v) is 4.88. The number of ether oxygens (including phenoxy) is 1. The van der Waals surface area contributed by atoms with Crippen LogP contribution in [0.1, 0.15) is 5.56 Å². The summed E-state index contributed by atoms with van der Waals surface area (Å²) in [6.45, 7) is 0.732. The molecular formula is C12H16O3. The molecule has 3 nitrogen and oxygen atoms in total. The van der Waals surface area contributed by atoms with Gasteiger partial charge in [-0.05, 0) is 11.1 Å². The predicted octanol–water partition coefficient (Wildman–Crippen LogP) is 1.11. The van der Waals surface area contributed by atoms with Crippen LogP contribution in [-0.2, 0) is 11.3 Å². The Kier molecular flexibility index (Phi) is 5.70. The van der Waals surface area contributed by atoms with Gasteiger partial charge in [-0.3, -0.25) is 0 Å². The molecule has 0 aliphatic rings. The number of rotatable bonds is 6. The summed E-state index contributed by atoms with van der Waals surface area (Å²) in [5.41, 5.74) is 1.80. The molecule has 1 aromatic rings. The summed E-state index contributed by atoms with van der Waals surface area (Å²) in [4.78, 5) is 0. The molecule has 0 unspecified atom stereocenters. The Morgan fingerprint density at radius 2 is 1.93 bits per heavy atom. The predicted molar refractivity (Wildman–Crippen MR) is 58.4 cm³/mol. The van der Waals surface area contributed by atoms with Gasteiger partial charge in [-0.2, -0.15) is 0 Å². The third-order valence-electron chi connectivity index (χ3n) is 1.98. The van der Waals surface area contributed by atoms with Crippen molar-refractivity contribution in [2.45, 2.75) is 6.61 Å². The van der Waals surface area contributed by atoms with Gasteiger partial charge in [0.15, 0.2) is 0 Å². The maximum absolute atomic E-state index is 8.89. The average Bonchev–Trinajstić information content (AvgIpc) is 2.29. The van der Waals surface area contributed by atoms with Crippen LogP contribution in [0, 0.1) is 0 Å². The lowest BCUT2D eigenvalue weighted by molar-refractivity contribution is 0.133. The van der Waals surface area contributed by atoms with E-state index in [9.17, 15) is 0 Å². The lowest BCUT2D eigenvalue weighted by atomic mass is 10.2. The fourth-order valence-corrected chi connectivity index (χ4v) is 1.17. The molecule has 0 aliphatic heterocycles. The molecule has 0 amide bonds. The van der Waals surface area contributed by atoms with Crippen molar-refractivity contribution in [1.29, 1.82) is 0 Å². The van der Waals surface area contributed by atoms with Gasteiger partial charge >= 0.3 is 0 Å². The Balaban J connectivity index is 2.30. The van der Waals surface area contributed by atoms with E-state index in [0.29, 0.717) is 18.8 Å². The molecule has 0 heterocycles. The molecule has 0 aliphatic carbocycles. The smallest absolute Gasteiger partial charge is 0.0721 e. The summed E-state index contributed by atoms with van der Waals surface area (Å²) in [5, 5.41) is 17.5. The maximum atomic E-state index is 8.89. The largest absolute Gasteiger partial charge is 0.392 e. The zero-order valence-electron chi connectivity index (χ0n) is 8.60. The number of benzene rings is 1. The minimum Gasteiger partial charge on any atom is -0.392 e. The Morgan fingerprint density at radius 1 is 1.20 bits per heavy atom. The van der Waals surface area contributed by atoms with E-state index < -0.39 is 0 Å². The lowest BCUT2D eigenvalue weighted by Crippen LogP contribution is -2.03. The fraction of sp³-hybridized carbons (Fsp3) is 0.333. The van der Waals surface area contributed by atoms with E-state index in [1.807, 2.05) is 30.3 Å². The van der Waals surface area contributed by atoms with E-state index >= 15 is 0 Å². The second-order valence-corrected chi connectivity index (χ2v) is 3.18. The summed E-state index contributed by atoms with van der Waals surface area (Å²) in [7, 11) is 0. The molecule has 0 radical (unpaired) electrons. The summed E-state index contributed by atoms with van der Waals surface area (Å²) < 4.78 is 5.39. The van der Waals surface area contributed by atoms with Crippen molar-refractivity contribution in [3.05, 3.63) is 47.5 Å². The van der Waals surface area contributed by atoms with Crippen LogP contribution in [0.2, 0.25) is 0 Å². The van der Waals surface area contributed by atoms with Gasteiger partial charge in [0.2, 0.25) is 0 Å². The van der Waals surface area contributed by atoms with Crippen molar-refractivity contribution >= 4 is 0 Å². The molecule has 15 heavy (non-hydrogen) atoms. The Bertz CT molecular complexity index is 293. The first-order chi connectivity index (χ1) is 7.36. The first-order valence-electron chi connectivity index (χ1n) is 4.88. The standard InChI is InChI=1S/C12H16O3/c13-7-6-12(8-14)10-15-9-11-4-2-1-3-5-11/h1-6,13-14H,7-10H2/b12-6+. The van der Waals surface area contributed by atoms with Crippen molar-refractivity contribution < 1.29 is 14.9 Å². The number of hydrogen-bond acceptors (Lipinski definition) is 3. The van der Waals surface area contributed by atoms with Crippen molar-refractivity contribution in [2.24, 2.45) is 0 Å². The van der Waals surface area contributed by atoms with Crippen molar-refractivity contribution in [3.8, 4) is 0 Å². The van der Waals surface area contributed by atoms with Crippen LogP contribution in [0.4, 0.5) is 0 Å². The second-order valence-electron chi connectivity index (χ2n) is 3.18. The fourth-order valence-electron chi connectivity index (χ4n) is 1.17. The van der Waals surface area contributed by atoms with Crippen LogP contribution >= 0.6 is 0 Å². The van der Waals surface area contributed by atoms with Gasteiger partial charge in [0.25, 0.3) is 0 Å². The molecule has 0 saturated heterocycles. The Labute approximate surface area is 89.6 Å². The van der Waals surface area contributed by atoms with E-state index in [1.165, 1.54) is 0 Å². The molecule has 0 fully saturated rings. The minimum atomic E-state index is -0.0741. The minimum absolute atomic E-state index is 0.0649. The van der Waals surface area contributed by atoms with E-state index in [0.717, 1.165) is 5.56 Å². The summed E-state index contributed by atoms with van der Waals surface area (Å²) in [5.74, 6) is 0. The quantitative estimate of drug-likeness (QED) is 0.689. The number of hydrogen-bond donors (Lipinski definition) is 2. The zero-order chi connectivity index (χ0) is 10.9. The zero-order valence-corrected chi connectivity index (χ0v) is 8.60. The average molecular weight is 208 g/mol. The molecule has 0 aromatic heterocycles. The van der Waals surface area contributed by atoms with Crippen LogP contribution < -0.4 is 0 Å². The van der Waals surface area contributed by atoms with Crippen LogP contribution in [0.25, 0.3) is 0 Å². The van der Waals surface area contributed by atoms with Gasteiger partial charge in [-0.25, -0.2) is 0 Å². The highest BCUT2D eigenvalue weighted by Crippen LogP contribution is 2.02. The molecule has 2 N–H and O–H groups in total. The highest BCUT2D eigenvalue weighted by molar-refractivity contribution is 5.13. The van der Waals surface area contributed by atoms with Crippen LogP contribution in [-0.4, -0.2) is 30.0 Å². The molecule has 0 saturated carbocycles. The van der Waals surface area contributed by atoms with E-state index in [2.05, 4.69) is 0 Å². The monoisotopic (exact) mass is 208 g/mol. The van der Waals surface area contributed by atoms with E-state index in [4.69, 9.17) is 14.9 Å². The molecule has 0 atom stereocenters. The van der Waals surface area contributed by atoms with E-state index in [-0.39, 0.29) is 13.2 Å². The maximum Gasteiger partial charge on any atom is 0.0721 e. The van der Waals surface area contributed by atoms with Gasteiger partial charge in [0.1, 0.15) is 0 Å². The van der Waals surface area contributed by atoms with Gasteiger partial charge < -0.3 is 14.9 Å². The topological polar surface area (TPSA) is 49.7 Å². The summed E-state index contributed by atoms with van der Waals surface area (Å²) >= 11 is 0. The SMILES string of the molecule is OC/C=C(\CO)COCc1ccccc1. The van der Waals surface area contributed by atoms with Crippen molar-refractivity contribution in [1.82, 2.24) is 0 Å². The van der Waals surface area contributed by atoms with Gasteiger partial charge in [0.05, 0.1) is 26.4 Å². The van der Waals surface area contributed by atoms with Crippen LogP contribution in [0.3, 0.4) is 0 Å². The Morgan fingerprint density at radius 3 is 2.53 bits per heavy atom. The lowest BCUT2D eigenvalue weighted by Gasteiger charge is -2.05. The third kappa shape index (κ3) is 4.74. The van der Waals surface area contributed by atoms with Crippen LogP contribution in [0.5, 0.6) is 0 Å². The van der Waals surface area contributed by atoms with Gasteiger partial charge in [-0.15, -0.1) is 0 Å². The molecular weight excluding hydrogens is 192 g/mol. The summed E-state index contributed by atoms with van der Waals surface area (Å²) in [6, 6.07) is 9.82. The molecule has 0 spiro atoms. The third-order valence-corrected chi connectivity index (χ3v) is 1.98. The Hall–Kier alpha value is -1.16. The van der Waals surface area contributed by atoms with Crippen LogP contribution in [0.15, 0.2) is 42.0 Å². The summed E-state index contributed by atoms with van der Waals surface area (Å²) in [6.07, 6.45) is 1.56. The molecule has 1 aromatic carbocycles. The molecule has 82 valence electrons. The number of aliphatic hydroxyl groups excluding tert-OH is 2. The van der Waals surface area contributed by atoms with Crippen molar-refractivity contribution in [3.63, 3.8) is 0 Å². The highest BCUT2D eigenvalue weighted by atomic mass is 16.5. The second kappa shape index (κ2) is 7.17. The van der Waals surface area contributed by atoms with Crippen molar-refractivity contribution in [2.75, 3.05) is 19.8 Å². The number of aliphatic hydroxyl groups is 2.